The van der Waals surface area contributed by atoms with E-state index in [0.717, 1.165) is 29.5 Å². The van der Waals surface area contributed by atoms with E-state index >= 15 is 0 Å². The van der Waals surface area contributed by atoms with Crippen LogP contribution in [0.2, 0.25) is 0 Å². The lowest BCUT2D eigenvalue weighted by molar-refractivity contribution is -0.144. The van der Waals surface area contributed by atoms with E-state index in [1.165, 1.54) is 0 Å². The molecule has 0 fully saturated rings. The summed E-state index contributed by atoms with van der Waals surface area (Å²) in [6.07, 6.45) is 7.88. The van der Waals surface area contributed by atoms with E-state index in [9.17, 15) is 13.2 Å². The Kier molecular flexibility index (Phi) is 8.41. The first-order valence-corrected chi connectivity index (χ1v) is 12.6. The number of sulfonamides is 1. The Hall–Kier alpha value is -2.97. The number of imidazole rings is 1. The average molecular weight is 470 g/mol. The minimum Gasteiger partial charge on any atom is -0.333 e. The largest absolute Gasteiger partial charge is 0.333 e. The molecule has 7 nitrogen and oxygen atoms in total. The summed E-state index contributed by atoms with van der Waals surface area (Å²) in [4.78, 5) is 21.0. The van der Waals surface area contributed by atoms with Crippen LogP contribution < -0.4 is 0 Å². The Bertz CT molecular complexity index is 1140. The van der Waals surface area contributed by atoms with E-state index in [-0.39, 0.29) is 17.9 Å². The second-order valence-corrected chi connectivity index (χ2v) is 10.2. The third-order valence-corrected chi connectivity index (χ3v) is 6.77. The van der Waals surface area contributed by atoms with E-state index in [0.29, 0.717) is 28.9 Å². The zero-order valence-corrected chi connectivity index (χ0v) is 20.2. The van der Waals surface area contributed by atoms with Gasteiger partial charge in [-0.2, -0.15) is 8.42 Å². The summed E-state index contributed by atoms with van der Waals surface area (Å²) in [6.45, 7) is 7.02. The van der Waals surface area contributed by atoms with Crippen LogP contribution in [0.5, 0.6) is 0 Å². The number of unbranched alkanes of at least 4 members (excludes halogenated alkanes) is 1. The zero-order valence-electron chi connectivity index (χ0n) is 19.3. The van der Waals surface area contributed by atoms with Crippen LogP contribution in [-0.2, 0) is 32.6 Å². The summed E-state index contributed by atoms with van der Waals surface area (Å²) in [7, 11) is -4.18. The summed E-state index contributed by atoms with van der Waals surface area (Å²) in [5.74, 6) is 0.418. The molecular weight excluding hydrogens is 438 g/mol. The van der Waals surface area contributed by atoms with Gasteiger partial charge in [-0.3, -0.25) is 9.63 Å². The van der Waals surface area contributed by atoms with Crippen LogP contribution in [0.1, 0.15) is 44.7 Å². The highest BCUT2D eigenvalue weighted by Gasteiger charge is 2.28. The van der Waals surface area contributed by atoms with Crippen LogP contribution in [0.15, 0.2) is 66.1 Å². The Morgan fingerprint density at radius 2 is 1.85 bits per heavy atom. The predicted octanol–water partition coefficient (Wildman–Crippen LogP) is 4.68. The molecule has 1 heterocycles. The van der Waals surface area contributed by atoms with Crippen LogP contribution in [0.25, 0.3) is 11.1 Å². The van der Waals surface area contributed by atoms with Gasteiger partial charge >= 0.3 is 0 Å². The van der Waals surface area contributed by atoms with Gasteiger partial charge in [-0.25, -0.2) is 4.98 Å². The molecule has 0 unspecified atom stereocenters. The summed E-state index contributed by atoms with van der Waals surface area (Å²) in [5, 5.41) is 0. The number of rotatable bonds is 12. The van der Waals surface area contributed by atoms with Crippen LogP contribution in [0, 0.1) is 5.92 Å². The molecule has 0 N–H and O–H groups in total. The number of carbonyl (C=O) groups is 1. The molecule has 1 amide bonds. The van der Waals surface area contributed by atoms with Gasteiger partial charge in [-0.15, -0.1) is 4.47 Å². The maximum absolute atomic E-state index is 13.3. The molecule has 0 radical (unpaired) electrons. The van der Waals surface area contributed by atoms with Crippen molar-refractivity contribution in [2.45, 2.75) is 51.5 Å². The van der Waals surface area contributed by atoms with Gasteiger partial charge in [-0.05, 0) is 47.6 Å². The average Bonchev–Trinajstić information content (AvgIpc) is 3.29. The first-order valence-electron chi connectivity index (χ1n) is 11.2. The Morgan fingerprint density at radius 3 is 2.45 bits per heavy atom. The molecule has 0 aliphatic carbocycles. The molecule has 0 saturated heterocycles. The molecule has 0 spiro atoms. The van der Waals surface area contributed by atoms with Crippen molar-refractivity contribution in [3.63, 3.8) is 0 Å². The fraction of sp³-hybridized carbons (Fsp3) is 0.360. The lowest BCUT2D eigenvalue weighted by Crippen LogP contribution is -2.31. The number of amides is 1. The van der Waals surface area contributed by atoms with E-state index in [1.807, 2.05) is 48.0 Å². The number of carbonyl (C=O) groups excluding carboxylic acids is 1. The highest BCUT2D eigenvalue weighted by atomic mass is 32.2. The van der Waals surface area contributed by atoms with Gasteiger partial charge in [0.15, 0.2) is 0 Å². The minimum absolute atomic E-state index is 0.0426. The number of nitrogens with zero attached hydrogens (tertiary/aromatic N) is 3. The number of hydrogen-bond acceptors (Lipinski definition) is 5. The van der Waals surface area contributed by atoms with Crippen molar-refractivity contribution in [1.29, 1.82) is 0 Å². The molecule has 0 aliphatic heterocycles. The molecule has 2 aromatic carbocycles. The Labute approximate surface area is 196 Å². The Morgan fingerprint density at radius 1 is 1.12 bits per heavy atom. The fourth-order valence-corrected chi connectivity index (χ4v) is 4.77. The third-order valence-electron chi connectivity index (χ3n) is 5.19. The summed E-state index contributed by atoms with van der Waals surface area (Å²) in [6, 6.07) is 13.0. The summed E-state index contributed by atoms with van der Waals surface area (Å²) < 4.78 is 29.0. The topological polar surface area (TPSA) is 81.5 Å². The van der Waals surface area contributed by atoms with Crippen molar-refractivity contribution in [3.8, 4) is 11.1 Å². The lowest BCUT2D eigenvalue weighted by Gasteiger charge is -2.20. The van der Waals surface area contributed by atoms with E-state index in [1.54, 1.807) is 24.7 Å². The lowest BCUT2D eigenvalue weighted by atomic mass is 9.97. The molecule has 33 heavy (non-hydrogen) atoms. The molecule has 8 heteroatoms. The van der Waals surface area contributed by atoms with Crippen molar-refractivity contribution >= 4 is 16.4 Å². The van der Waals surface area contributed by atoms with E-state index in [2.05, 4.69) is 18.8 Å². The van der Waals surface area contributed by atoms with Gasteiger partial charge in [0.1, 0.15) is 0 Å². The molecule has 176 valence electrons. The third kappa shape index (κ3) is 6.30. The van der Waals surface area contributed by atoms with E-state index in [4.69, 9.17) is 4.84 Å². The zero-order chi connectivity index (χ0) is 23.8. The van der Waals surface area contributed by atoms with Gasteiger partial charge in [0.2, 0.25) is 6.41 Å². The fourth-order valence-electron chi connectivity index (χ4n) is 3.56. The van der Waals surface area contributed by atoms with Gasteiger partial charge in [0.25, 0.3) is 10.0 Å². The maximum atomic E-state index is 13.3. The van der Waals surface area contributed by atoms with Gasteiger partial charge in [0.05, 0.1) is 17.8 Å². The monoisotopic (exact) mass is 469 g/mol. The Balaban J connectivity index is 2.00. The highest BCUT2D eigenvalue weighted by Crippen LogP contribution is 2.31. The smallest absolute Gasteiger partial charge is 0.289 e. The number of benzene rings is 2. The number of aromatic nitrogens is 2. The quantitative estimate of drug-likeness (QED) is 0.219. The SMILES string of the molecule is CCCCON(C=O)S(=O)(=O)c1ccc(CC(C)C)cc1-c1ccc(Cn2ccnc2)cc1. The minimum atomic E-state index is -4.18. The molecule has 0 atom stereocenters. The van der Waals surface area contributed by atoms with Gasteiger partial charge in [0, 0.05) is 24.5 Å². The number of hydroxylamine groups is 1. The van der Waals surface area contributed by atoms with Crippen molar-refractivity contribution < 1.29 is 18.0 Å². The standard InChI is InChI=1S/C25H31N3O4S/c1-4-5-14-32-28(19-29)33(30,31)25-11-8-22(15-20(2)3)16-24(25)23-9-6-21(7-10-23)17-27-13-12-26-18-27/h6-13,16,18-20H,4-5,14-15,17H2,1-3H3. The van der Waals surface area contributed by atoms with Crippen LogP contribution in [0.3, 0.4) is 0 Å². The van der Waals surface area contributed by atoms with Crippen molar-refractivity contribution in [2.75, 3.05) is 6.61 Å². The first kappa shape index (κ1) is 24.7. The van der Waals surface area contributed by atoms with E-state index < -0.39 is 10.0 Å². The van der Waals surface area contributed by atoms with Gasteiger partial charge in [-0.1, -0.05) is 57.5 Å². The molecule has 3 rings (SSSR count). The molecule has 3 aromatic rings. The second-order valence-electron chi connectivity index (χ2n) is 8.41. The number of hydrogen-bond donors (Lipinski definition) is 0. The van der Waals surface area contributed by atoms with Crippen LogP contribution in [-0.4, -0.2) is 35.5 Å². The van der Waals surface area contributed by atoms with Crippen LogP contribution >= 0.6 is 0 Å². The van der Waals surface area contributed by atoms with Crippen molar-refractivity contribution in [3.05, 3.63) is 72.3 Å². The highest BCUT2D eigenvalue weighted by molar-refractivity contribution is 7.89. The normalized spacial score (nSPS) is 11.6. The predicted molar refractivity (Wildman–Crippen MR) is 128 cm³/mol. The molecule has 1 aromatic heterocycles. The van der Waals surface area contributed by atoms with Crippen LogP contribution in [0.4, 0.5) is 0 Å². The molecular formula is C25H31N3O4S. The first-order chi connectivity index (χ1) is 15.8. The maximum Gasteiger partial charge on any atom is 0.289 e. The molecule has 0 aliphatic rings. The van der Waals surface area contributed by atoms with Gasteiger partial charge < -0.3 is 4.57 Å². The molecule has 0 bridgehead atoms. The summed E-state index contributed by atoms with van der Waals surface area (Å²) >= 11 is 0. The van der Waals surface area contributed by atoms with Crippen molar-refractivity contribution in [2.24, 2.45) is 5.92 Å². The summed E-state index contributed by atoms with van der Waals surface area (Å²) in [5.41, 5.74) is 3.41. The molecule has 0 saturated carbocycles. The second kappa shape index (κ2) is 11.2. The van der Waals surface area contributed by atoms with Crippen molar-refractivity contribution in [1.82, 2.24) is 14.0 Å².